The van der Waals surface area contributed by atoms with Gasteiger partial charge in [0.05, 0.1) is 13.2 Å². The minimum absolute atomic E-state index is 0.00519. The fourth-order valence-electron chi connectivity index (χ4n) is 3.36. The maximum atomic E-state index is 12.7. The van der Waals surface area contributed by atoms with Crippen LogP contribution in [-0.2, 0) is 19.1 Å². The number of piperidine rings is 1. The number of rotatable bonds is 3. The molecule has 0 saturated carbocycles. The van der Waals surface area contributed by atoms with Gasteiger partial charge in [0, 0.05) is 43.6 Å². The number of halogens is 1. The molecule has 0 bridgehead atoms. The Morgan fingerprint density at radius 3 is 2.48 bits per heavy atom. The molecule has 2 amide bonds. The maximum absolute atomic E-state index is 12.7. The lowest BCUT2D eigenvalue weighted by Gasteiger charge is -2.38. The summed E-state index contributed by atoms with van der Waals surface area (Å²) in [5, 5.41) is 0.537. The lowest BCUT2D eigenvalue weighted by Crippen LogP contribution is -2.50. The van der Waals surface area contributed by atoms with Crippen molar-refractivity contribution in [1.29, 1.82) is 0 Å². The SMILES string of the molecule is CC(=O)N(CC(=O)N1CCC2(CC1)OCCO2)c1cc(Cl)ccc1C. The summed E-state index contributed by atoms with van der Waals surface area (Å²) in [6.07, 6.45) is 1.32. The van der Waals surface area contributed by atoms with Gasteiger partial charge in [0.2, 0.25) is 11.8 Å². The normalized spacial score (nSPS) is 19.2. The van der Waals surface area contributed by atoms with Gasteiger partial charge >= 0.3 is 0 Å². The Hall–Kier alpha value is -1.63. The van der Waals surface area contributed by atoms with Gasteiger partial charge in [-0.1, -0.05) is 17.7 Å². The monoisotopic (exact) mass is 366 g/mol. The quantitative estimate of drug-likeness (QED) is 0.824. The number of hydrogen-bond acceptors (Lipinski definition) is 4. The van der Waals surface area contributed by atoms with Gasteiger partial charge in [0.25, 0.3) is 0 Å². The van der Waals surface area contributed by atoms with Crippen molar-refractivity contribution in [3.05, 3.63) is 28.8 Å². The van der Waals surface area contributed by atoms with Gasteiger partial charge in [-0.2, -0.15) is 0 Å². The molecular formula is C18H23ClN2O4. The second kappa shape index (κ2) is 7.32. The first-order valence-corrected chi connectivity index (χ1v) is 8.88. The summed E-state index contributed by atoms with van der Waals surface area (Å²) in [5.74, 6) is -0.780. The number of likely N-dealkylation sites (tertiary alicyclic amines) is 1. The Labute approximate surface area is 152 Å². The standard InChI is InChI=1S/C18H23ClN2O4/c1-13-3-4-15(19)11-16(13)21(14(2)22)12-17(23)20-7-5-18(6-8-20)24-9-10-25-18/h3-4,11H,5-10,12H2,1-2H3. The summed E-state index contributed by atoms with van der Waals surface area (Å²) < 4.78 is 11.4. The third-order valence-corrected chi connectivity index (χ3v) is 5.06. The molecule has 25 heavy (non-hydrogen) atoms. The van der Waals surface area contributed by atoms with E-state index in [0.29, 0.717) is 49.9 Å². The largest absolute Gasteiger partial charge is 0.347 e. The van der Waals surface area contributed by atoms with Crippen molar-refractivity contribution in [3.63, 3.8) is 0 Å². The molecule has 2 fully saturated rings. The van der Waals surface area contributed by atoms with E-state index >= 15 is 0 Å². The van der Waals surface area contributed by atoms with Crippen LogP contribution in [0.25, 0.3) is 0 Å². The van der Waals surface area contributed by atoms with Crippen LogP contribution in [-0.4, -0.2) is 55.3 Å². The van der Waals surface area contributed by atoms with Crippen LogP contribution in [0.2, 0.25) is 5.02 Å². The molecule has 1 spiro atoms. The summed E-state index contributed by atoms with van der Waals surface area (Å²) in [6, 6.07) is 5.33. The number of carbonyl (C=O) groups is 2. The number of ether oxygens (including phenoxy) is 2. The molecule has 136 valence electrons. The molecule has 3 rings (SSSR count). The minimum Gasteiger partial charge on any atom is -0.347 e. The molecular weight excluding hydrogens is 344 g/mol. The summed E-state index contributed by atoms with van der Waals surface area (Å²) in [6.45, 7) is 5.72. The van der Waals surface area contributed by atoms with E-state index in [9.17, 15) is 9.59 Å². The Morgan fingerprint density at radius 1 is 1.24 bits per heavy atom. The zero-order valence-corrected chi connectivity index (χ0v) is 15.3. The molecule has 2 aliphatic heterocycles. The molecule has 0 radical (unpaired) electrons. The summed E-state index contributed by atoms with van der Waals surface area (Å²) in [7, 11) is 0. The van der Waals surface area contributed by atoms with Crippen molar-refractivity contribution >= 4 is 29.1 Å². The molecule has 2 aliphatic rings. The van der Waals surface area contributed by atoms with E-state index < -0.39 is 5.79 Å². The molecule has 0 aliphatic carbocycles. The highest BCUT2D eigenvalue weighted by molar-refractivity contribution is 6.31. The second-order valence-corrected chi connectivity index (χ2v) is 6.96. The zero-order valence-electron chi connectivity index (χ0n) is 14.6. The Balaban J connectivity index is 1.67. The van der Waals surface area contributed by atoms with E-state index in [1.807, 2.05) is 13.0 Å². The van der Waals surface area contributed by atoms with E-state index in [1.54, 1.807) is 17.0 Å². The molecule has 6 nitrogen and oxygen atoms in total. The summed E-state index contributed by atoms with van der Waals surface area (Å²) >= 11 is 6.06. The molecule has 1 aromatic rings. The zero-order chi connectivity index (χ0) is 18.0. The molecule has 0 aromatic heterocycles. The fraction of sp³-hybridized carbons (Fsp3) is 0.556. The number of hydrogen-bond donors (Lipinski definition) is 0. The summed E-state index contributed by atoms with van der Waals surface area (Å²) in [4.78, 5) is 28.1. The molecule has 0 atom stereocenters. The van der Waals surface area contributed by atoms with Gasteiger partial charge in [-0.3, -0.25) is 9.59 Å². The van der Waals surface area contributed by atoms with Crippen LogP contribution in [0.3, 0.4) is 0 Å². The van der Waals surface area contributed by atoms with E-state index in [1.165, 1.54) is 11.8 Å². The first-order valence-electron chi connectivity index (χ1n) is 8.50. The molecule has 2 heterocycles. The lowest BCUT2D eigenvalue weighted by molar-refractivity contribution is -0.187. The molecule has 0 unspecified atom stereocenters. The first kappa shape index (κ1) is 18.2. The van der Waals surface area contributed by atoms with Crippen molar-refractivity contribution in [3.8, 4) is 0 Å². The smallest absolute Gasteiger partial charge is 0.242 e. The molecule has 1 aromatic carbocycles. The van der Waals surface area contributed by atoms with Crippen molar-refractivity contribution in [2.24, 2.45) is 0 Å². The average molecular weight is 367 g/mol. The number of anilines is 1. The highest BCUT2D eigenvalue weighted by atomic mass is 35.5. The van der Waals surface area contributed by atoms with Gasteiger partial charge in [-0.05, 0) is 24.6 Å². The number of aryl methyl sites for hydroxylation is 1. The Morgan fingerprint density at radius 2 is 1.88 bits per heavy atom. The molecule has 2 saturated heterocycles. The average Bonchev–Trinajstić information content (AvgIpc) is 3.03. The number of benzene rings is 1. The van der Waals surface area contributed by atoms with Gasteiger partial charge in [0.15, 0.2) is 5.79 Å². The van der Waals surface area contributed by atoms with Crippen LogP contribution < -0.4 is 4.90 Å². The fourth-order valence-corrected chi connectivity index (χ4v) is 3.52. The van der Waals surface area contributed by atoms with Gasteiger partial charge in [-0.25, -0.2) is 0 Å². The maximum Gasteiger partial charge on any atom is 0.242 e. The van der Waals surface area contributed by atoms with Crippen molar-refractivity contribution in [1.82, 2.24) is 4.90 Å². The van der Waals surface area contributed by atoms with Crippen LogP contribution >= 0.6 is 11.6 Å². The molecule has 7 heteroatoms. The third kappa shape index (κ3) is 3.97. The Kier molecular flexibility index (Phi) is 5.32. The van der Waals surface area contributed by atoms with Crippen LogP contribution in [0.15, 0.2) is 18.2 Å². The van der Waals surface area contributed by atoms with Crippen molar-refractivity contribution in [2.45, 2.75) is 32.5 Å². The van der Waals surface area contributed by atoms with Gasteiger partial charge < -0.3 is 19.3 Å². The van der Waals surface area contributed by atoms with Crippen LogP contribution in [0.1, 0.15) is 25.3 Å². The minimum atomic E-state index is -0.513. The van der Waals surface area contributed by atoms with E-state index in [0.717, 1.165) is 5.56 Å². The number of amides is 2. The van der Waals surface area contributed by atoms with Crippen molar-refractivity contribution < 1.29 is 19.1 Å². The van der Waals surface area contributed by atoms with Crippen LogP contribution in [0, 0.1) is 6.92 Å². The van der Waals surface area contributed by atoms with E-state index in [-0.39, 0.29) is 18.4 Å². The predicted octanol–water partition coefficient (Wildman–Crippen LogP) is 2.37. The van der Waals surface area contributed by atoms with E-state index in [4.69, 9.17) is 21.1 Å². The second-order valence-electron chi connectivity index (χ2n) is 6.52. The van der Waals surface area contributed by atoms with Gasteiger partial charge in [0.1, 0.15) is 6.54 Å². The molecule has 0 N–H and O–H groups in total. The van der Waals surface area contributed by atoms with Crippen molar-refractivity contribution in [2.75, 3.05) is 37.7 Å². The summed E-state index contributed by atoms with van der Waals surface area (Å²) in [5.41, 5.74) is 1.57. The van der Waals surface area contributed by atoms with Gasteiger partial charge in [-0.15, -0.1) is 0 Å². The number of nitrogens with zero attached hydrogens (tertiary/aromatic N) is 2. The third-order valence-electron chi connectivity index (χ3n) is 4.83. The highest BCUT2D eigenvalue weighted by Gasteiger charge is 2.41. The lowest BCUT2D eigenvalue weighted by atomic mass is 10.0. The first-order chi connectivity index (χ1) is 11.9. The highest BCUT2D eigenvalue weighted by Crippen LogP contribution is 2.31. The predicted molar refractivity (Wildman–Crippen MR) is 94.7 cm³/mol. The van der Waals surface area contributed by atoms with E-state index in [2.05, 4.69) is 0 Å². The van der Waals surface area contributed by atoms with Crippen LogP contribution in [0.5, 0.6) is 0 Å². The topological polar surface area (TPSA) is 59.1 Å². The number of carbonyl (C=O) groups excluding carboxylic acids is 2. The van der Waals surface area contributed by atoms with Crippen LogP contribution in [0.4, 0.5) is 5.69 Å². The Bertz CT molecular complexity index is 663.